The lowest BCUT2D eigenvalue weighted by Gasteiger charge is -2.19. The lowest BCUT2D eigenvalue weighted by atomic mass is 9.94. The summed E-state index contributed by atoms with van der Waals surface area (Å²) in [5, 5.41) is 9.74. The van der Waals surface area contributed by atoms with Gasteiger partial charge < -0.3 is 5.11 Å². The molecule has 0 aliphatic heterocycles. The summed E-state index contributed by atoms with van der Waals surface area (Å²) in [6.45, 7) is 7.82. The largest absolute Gasteiger partial charge is 0.390 e. The van der Waals surface area contributed by atoms with Gasteiger partial charge in [-0.2, -0.15) is 0 Å². The molecule has 0 aromatic heterocycles. The minimum atomic E-state index is -0.639. The molecule has 78 valence electrons. The third-order valence-corrected chi connectivity index (χ3v) is 3.53. The van der Waals surface area contributed by atoms with Gasteiger partial charge in [0.2, 0.25) is 0 Å². The van der Waals surface area contributed by atoms with Gasteiger partial charge in [-0.25, -0.2) is 0 Å². The summed E-state index contributed by atoms with van der Waals surface area (Å²) in [5.41, 5.74) is 3.03. The Labute approximate surface area is 94.3 Å². The van der Waals surface area contributed by atoms with Gasteiger partial charge >= 0.3 is 0 Å². The van der Waals surface area contributed by atoms with E-state index < -0.39 is 5.60 Å². The summed E-state index contributed by atoms with van der Waals surface area (Å²) in [6, 6.07) is 4.17. The third kappa shape index (κ3) is 2.82. The summed E-state index contributed by atoms with van der Waals surface area (Å²) in [4.78, 5) is 0. The highest BCUT2D eigenvalue weighted by molar-refractivity contribution is 9.10. The third-order valence-electron chi connectivity index (χ3n) is 2.31. The summed E-state index contributed by atoms with van der Waals surface area (Å²) < 4.78 is 1.15. The molecule has 0 saturated heterocycles. The van der Waals surface area contributed by atoms with Crippen molar-refractivity contribution < 1.29 is 5.11 Å². The Morgan fingerprint density at radius 2 is 1.86 bits per heavy atom. The molecule has 2 heteroatoms. The van der Waals surface area contributed by atoms with E-state index in [2.05, 4.69) is 41.9 Å². The van der Waals surface area contributed by atoms with Gasteiger partial charge in [-0.15, -0.1) is 0 Å². The van der Waals surface area contributed by atoms with Gasteiger partial charge in [-0.1, -0.05) is 28.1 Å². The van der Waals surface area contributed by atoms with Crippen molar-refractivity contribution in [3.8, 4) is 0 Å². The SMILES string of the molecule is Cc1ccc(CC(C)(C)O)c(C)c1Br. The maximum Gasteiger partial charge on any atom is 0.0632 e. The van der Waals surface area contributed by atoms with E-state index in [-0.39, 0.29) is 0 Å². The van der Waals surface area contributed by atoms with E-state index in [1.165, 1.54) is 16.7 Å². The zero-order valence-corrected chi connectivity index (χ0v) is 10.8. The van der Waals surface area contributed by atoms with Crippen molar-refractivity contribution in [3.05, 3.63) is 33.3 Å². The Balaban J connectivity index is 3.06. The van der Waals surface area contributed by atoms with Crippen LogP contribution in [0.4, 0.5) is 0 Å². The number of hydrogen-bond donors (Lipinski definition) is 1. The molecule has 0 radical (unpaired) electrons. The van der Waals surface area contributed by atoms with Gasteiger partial charge in [0, 0.05) is 10.9 Å². The molecule has 1 N–H and O–H groups in total. The van der Waals surface area contributed by atoms with Gasteiger partial charge in [-0.05, 0) is 44.4 Å². The monoisotopic (exact) mass is 256 g/mol. The number of aryl methyl sites for hydroxylation is 1. The quantitative estimate of drug-likeness (QED) is 0.861. The number of aliphatic hydroxyl groups is 1. The van der Waals surface area contributed by atoms with Crippen LogP contribution in [0.2, 0.25) is 0 Å². The van der Waals surface area contributed by atoms with Crippen LogP contribution >= 0.6 is 15.9 Å². The lowest BCUT2D eigenvalue weighted by molar-refractivity contribution is 0.0808. The molecule has 1 rings (SSSR count). The fourth-order valence-electron chi connectivity index (χ4n) is 1.52. The second-order valence-electron chi connectivity index (χ2n) is 4.47. The van der Waals surface area contributed by atoms with Crippen LogP contribution in [0.1, 0.15) is 30.5 Å². The van der Waals surface area contributed by atoms with E-state index in [4.69, 9.17) is 0 Å². The van der Waals surface area contributed by atoms with Crippen molar-refractivity contribution in [1.82, 2.24) is 0 Å². The fourth-order valence-corrected chi connectivity index (χ4v) is 1.90. The minimum Gasteiger partial charge on any atom is -0.390 e. The predicted molar refractivity (Wildman–Crippen MR) is 63.6 cm³/mol. The number of benzene rings is 1. The molecular formula is C12H17BrO. The second kappa shape index (κ2) is 4.03. The first-order valence-electron chi connectivity index (χ1n) is 4.78. The molecule has 14 heavy (non-hydrogen) atoms. The van der Waals surface area contributed by atoms with E-state index in [0.29, 0.717) is 6.42 Å². The zero-order chi connectivity index (χ0) is 10.9. The fraction of sp³-hybridized carbons (Fsp3) is 0.500. The topological polar surface area (TPSA) is 20.2 Å². The highest BCUT2D eigenvalue weighted by Crippen LogP contribution is 2.26. The van der Waals surface area contributed by atoms with E-state index in [0.717, 1.165) is 4.47 Å². The van der Waals surface area contributed by atoms with Gasteiger partial charge in [0.25, 0.3) is 0 Å². The van der Waals surface area contributed by atoms with Crippen LogP contribution in [-0.4, -0.2) is 10.7 Å². The summed E-state index contributed by atoms with van der Waals surface area (Å²) in [7, 11) is 0. The summed E-state index contributed by atoms with van der Waals surface area (Å²) in [6.07, 6.45) is 0.692. The lowest BCUT2D eigenvalue weighted by Crippen LogP contribution is -2.22. The van der Waals surface area contributed by atoms with E-state index >= 15 is 0 Å². The Bertz CT molecular complexity index is 337. The molecule has 1 aromatic carbocycles. The standard InChI is InChI=1S/C12H17BrO/c1-8-5-6-10(7-12(3,4)14)9(2)11(8)13/h5-6,14H,7H2,1-4H3. The molecule has 0 bridgehead atoms. The Morgan fingerprint density at radius 1 is 1.29 bits per heavy atom. The Kier molecular flexibility index (Phi) is 3.38. The van der Waals surface area contributed by atoms with Crippen molar-refractivity contribution in [2.75, 3.05) is 0 Å². The molecule has 0 unspecified atom stereocenters. The number of hydrogen-bond acceptors (Lipinski definition) is 1. The van der Waals surface area contributed by atoms with Crippen LogP contribution in [0, 0.1) is 13.8 Å². The molecule has 0 saturated carbocycles. The smallest absolute Gasteiger partial charge is 0.0632 e. The van der Waals surface area contributed by atoms with Crippen molar-refractivity contribution in [1.29, 1.82) is 0 Å². The molecule has 0 aliphatic rings. The Morgan fingerprint density at radius 3 is 2.36 bits per heavy atom. The van der Waals surface area contributed by atoms with E-state index in [1.807, 2.05) is 13.8 Å². The van der Waals surface area contributed by atoms with Crippen LogP contribution in [0.3, 0.4) is 0 Å². The second-order valence-corrected chi connectivity index (χ2v) is 5.26. The maximum atomic E-state index is 9.74. The zero-order valence-electron chi connectivity index (χ0n) is 9.19. The molecule has 0 atom stereocenters. The average Bonchev–Trinajstić information content (AvgIpc) is 2.04. The van der Waals surface area contributed by atoms with Gasteiger partial charge in [-0.3, -0.25) is 0 Å². The maximum absolute atomic E-state index is 9.74. The van der Waals surface area contributed by atoms with Crippen LogP contribution in [-0.2, 0) is 6.42 Å². The van der Waals surface area contributed by atoms with Gasteiger partial charge in [0.1, 0.15) is 0 Å². The molecule has 0 amide bonds. The molecule has 0 aliphatic carbocycles. The first kappa shape index (κ1) is 11.7. The van der Waals surface area contributed by atoms with Crippen LogP contribution in [0.25, 0.3) is 0 Å². The summed E-state index contributed by atoms with van der Waals surface area (Å²) in [5.74, 6) is 0. The molecular weight excluding hydrogens is 240 g/mol. The van der Waals surface area contributed by atoms with Crippen LogP contribution in [0.5, 0.6) is 0 Å². The van der Waals surface area contributed by atoms with Gasteiger partial charge in [0.15, 0.2) is 0 Å². The van der Waals surface area contributed by atoms with Crippen molar-refractivity contribution >= 4 is 15.9 Å². The number of halogens is 1. The number of rotatable bonds is 2. The van der Waals surface area contributed by atoms with Crippen molar-refractivity contribution in [2.45, 2.75) is 39.7 Å². The average molecular weight is 257 g/mol. The van der Waals surface area contributed by atoms with Crippen molar-refractivity contribution in [3.63, 3.8) is 0 Å². The molecule has 0 spiro atoms. The first-order valence-corrected chi connectivity index (χ1v) is 5.57. The predicted octanol–water partition coefficient (Wildman–Crippen LogP) is 3.38. The van der Waals surface area contributed by atoms with Crippen LogP contribution in [0.15, 0.2) is 16.6 Å². The first-order chi connectivity index (χ1) is 6.31. The van der Waals surface area contributed by atoms with E-state index in [1.54, 1.807) is 0 Å². The van der Waals surface area contributed by atoms with Crippen LogP contribution < -0.4 is 0 Å². The highest BCUT2D eigenvalue weighted by Gasteiger charge is 2.16. The summed E-state index contributed by atoms with van der Waals surface area (Å²) >= 11 is 3.56. The molecule has 0 fully saturated rings. The molecule has 1 nitrogen and oxygen atoms in total. The normalized spacial score (nSPS) is 11.9. The Hall–Kier alpha value is -0.340. The highest BCUT2D eigenvalue weighted by atomic mass is 79.9. The van der Waals surface area contributed by atoms with Crippen molar-refractivity contribution in [2.24, 2.45) is 0 Å². The minimum absolute atomic E-state index is 0.639. The molecule has 1 aromatic rings. The van der Waals surface area contributed by atoms with E-state index in [9.17, 15) is 5.11 Å². The molecule has 0 heterocycles. The van der Waals surface area contributed by atoms with Gasteiger partial charge in [0.05, 0.1) is 5.60 Å².